The van der Waals surface area contributed by atoms with Crippen molar-refractivity contribution in [3.63, 3.8) is 0 Å². The van der Waals surface area contributed by atoms with Crippen LogP contribution in [0.2, 0.25) is 0 Å². The zero-order valence-corrected chi connectivity index (χ0v) is 33.5. The van der Waals surface area contributed by atoms with Crippen LogP contribution in [0.3, 0.4) is 0 Å². The lowest BCUT2D eigenvalue weighted by Gasteiger charge is -2.20. The highest BCUT2D eigenvalue weighted by atomic mass is 16.3. The Hall–Kier alpha value is -8.15. The molecule has 1 atom stereocenters. The molecule has 1 aliphatic rings. The summed E-state index contributed by atoms with van der Waals surface area (Å²) >= 11 is 0. The van der Waals surface area contributed by atoms with Gasteiger partial charge in [-0.1, -0.05) is 188 Å². The molecule has 0 amide bonds. The molecular weight excluding hydrogens is 757 g/mol. The lowest BCUT2D eigenvalue weighted by Crippen LogP contribution is -2.10. The van der Waals surface area contributed by atoms with E-state index >= 15 is 0 Å². The van der Waals surface area contributed by atoms with E-state index in [1.165, 1.54) is 16.7 Å². The molecule has 0 saturated carbocycles. The molecule has 9 aromatic carbocycles. The van der Waals surface area contributed by atoms with Gasteiger partial charge in [-0.15, -0.1) is 0 Å². The van der Waals surface area contributed by atoms with E-state index in [1.807, 2.05) is 12.1 Å². The second-order valence-electron chi connectivity index (χ2n) is 16.3. The fraction of sp³-hybridized carbons (Fsp3) is 0.0351. The minimum absolute atomic E-state index is 0.133. The van der Waals surface area contributed by atoms with Gasteiger partial charge in [0.05, 0.1) is 11.0 Å². The largest absolute Gasteiger partial charge is 0.455 e. The molecule has 5 nitrogen and oxygen atoms in total. The molecule has 62 heavy (non-hydrogen) atoms. The highest BCUT2D eigenvalue weighted by Crippen LogP contribution is 2.43. The van der Waals surface area contributed by atoms with Crippen molar-refractivity contribution in [2.24, 2.45) is 0 Å². The second kappa shape index (κ2) is 13.7. The van der Waals surface area contributed by atoms with Crippen LogP contribution < -0.4 is 0 Å². The fourth-order valence-electron chi connectivity index (χ4n) is 9.86. The van der Waals surface area contributed by atoms with Crippen molar-refractivity contribution in [1.29, 1.82) is 0 Å². The summed E-state index contributed by atoms with van der Waals surface area (Å²) in [6.45, 7) is 0. The number of fused-ring (bicyclic) bond motifs is 12. The van der Waals surface area contributed by atoms with Gasteiger partial charge in [0.25, 0.3) is 0 Å². The van der Waals surface area contributed by atoms with Gasteiger partial charge in [-0.25, -0.2) is 4.98 Å². The van der Waals surface area contributed by atoms with Crippen LogP contribution in [-0.2, 0) is 0 Å². The van der Waals surface area contributed by atoms with Crippen LogP contribution in [0.25, 0.3) is 110 Å². The Balaban J connectivity index is 1.10. The van der Waals surface area contributed by atoms with E-state index in [2.05, 4.69) is 193 Å². The maximum Gasteiger partial charge on any atom is 0.238 e. The van der Waals surface area contributed by atoms with Gasteiger partial charge in [0.15, 0.2) is 11.6 Å². The topological polar surface area (TPSA) is 56.7 Å². The van der Waals surface area contributed by atoms with Gasteiger partial charge in [-0.05, 0) is 57.0 Å². The van der Waals surface area contributed by atoms with Crippen molar-refractivity contribution in [3.8, 4) is 28.5 Å². The zero-order valence-electron chi connectivity index (χ0n) is 33.5. The van der Waals surface area contributed by atoms with Crippen molar-refractivity contribution < 1.29 is 4.42 Å². The Morgan fingerprint density at radius 1 is 0.484 bits per heavy atom. The van der Waals surface area contributed by atoms with Crippen molar-refractivity contribution in [2.75, 3.05) is 0 Å². The maximum absolute atomic E-state index is 6.70. The van der Waals surface area contributed by atoms with E-state index in [9.17, 15) is 0 Å². The van der Waals surface area contributed by atoms with E-state index in [0.29, 0.717) is 17.6 Å². The van der Waals surface area contributed by atoms with Crippen LogP contribution in [0.5, 0.6) is 0 Å². The third-order valence-electron chi connectivity index (χ3n) is 12.8. The lowest BCUT2D eigenvalue weighted by atomic mass is 9.86. The molecule has 0 aliphatic heterocycles. The third-order valence-corrected chi connectivity index (χ3v) is 12.8. The molecule has 0 fully saturated rings. The first-order valence-corrected chi connectivity index (χ1v) is 21.2. The molecule has 0 bridgehead atoms. The highest BCUT2D eigenvalue weighted by Gasteiger charge is 2.25. The van der Waals surface area contributed by atoms with Crippen molar-refractivity contribution in [2.45, 2.75) is 12.3 Å². The summed E-state index contributed by atoms with van der Waals surface area (Å²) < 4.78 is 9.00. The lowest BCUT2D eigenvalue weighted by molar-refractivity contribution is 0.672. The van der Waals surface area contributed by atoms with Crippen molar-refractivity contribution >= 4 is 81.6 Å². The van der Waals surface area contributed by atoms with Crippen LogP contribution >= 0.6 is 0 Å². The van der Waals surface area contributed by atoms with Crippen molar-refractivity contribution in [1.82, 2.24) is 19.5 Å². The summed E-state index contributed by atoms with van der Waals surface area (Å²) in [5.74, 6) is 1.96. The first-order valence-electron chi connectivity index (χ1n) is 21.2. The number of nitrogens with zero attached hydrogens (tertiary/aromatic N) is 4. The second-order valence-corrected chi connectivity index (χ2v) is 16.3. The molecule has 12 aromatic rings. The fourth-order valence-corrected chi connectivity index (χ4v) is 9.86. The normalized spacial score (nSPS) is 14.3. The van der Waals surface area contributed by atoms with Gasteiger partial charge >= 0.3 is 0 Å². The number of benzene rings is 9. The molecular formula is C57H36N4O. The zero-order chi connectivity index (χ0) is 40.7. The molecule has 3 heterocycles. The molecule has 0 saturated heterocycles. The molecule has 1 unspecified atom stereocenters. The Labute approximate surface area is 356 Å². The summed E-state index contributed by atoms with van der Waals surface area (Å²) in [7, 11) is 0. The average Bonchev–Trinajstić information content (AvgIpc) is 3.91. The van der Waals surface area contributed by atoms with Gasteiger partial charge in [0, 0.05) is 49.2 Å². The molecule has 0 radical (unpaired) electrons. The third kappa shape index (κ3) is 5.38. The SMILES string of the molecule is C1=CC(c2cccc(-c3ccccc3)c2)CC(c2nc(-c3cc4ccccc4c4oc5ccccc5c34)nc(-n3c4c5ccccc5ccc4c4ccc5ccccc5c43)n2)=C1. The summed E-state index contributed by atoms with van der Waals surface area (Å²) in [4.78, 5) is 16.6. The van der Waals surface area contributed by atoms with E-state index in [0.717, 1.165) is 93.6 Å². The number of hydrogen-bond acceptors (Lipinski definition) is 4. The van der Waals surface area contributed by atoms with Crippen LogP contribution in [0, 0.1) is 0 Å². The number of rotatable bonds is 5. The molecule has 13 rings (SSSR count). The first kappa shape index (κ1) is 34.7. The monoisotopic (exact) mass is 792 g/mol. The molecule has 0 N–H and O–H groups in total. The van der Waals surface area contributed by atoms with Gasteiger partial charge < -0.3 is 4.42 Å². The highest BCUT2D eigenvalue weighted by molar-refractivity contribution is 6.24. The van der Waals surface area contributed by atoms with Crippen LogP contribution in [0.4, 0.5) is 0 Å². The Morgan fingerprint density at radius 2 is 1.11 bits per heavy atom. The van der Waals surface area contributed by atoms with Crippen LogP contribution in [0.15, 0.2) is 205 Å². The standard InChI is InChI=1S/C57H36N4O/c1-2-14-35(15-3-1)38-19-12-20-39(32-38)40-21-13-22-42(33-40)55-58-56(49-34-41-18-6-9-25-45(41)54-51(49)48-26-10-11-27-50(48)62-54)60-57(59-55)61-52-43-23-7-4-16-36(43)28-30-46(52)47-31-29-37-17-5-8-24-44(37)53(47)61/h1-32,34,40H,33H2. The predicted octanol–water partition coefficient (Wildman–Crippen LogP) is 14.8. The summed E-state index contributed by atoms with van der Waals surface area (Å²) in [5, 5.41) is 11.0. The van der Waals surface area contributed by atoms with Gasteiger partial charge in [0.2, 0.25) is 5.95 Å². The Bertz CT molecular complexity index is 3760. The van der Waals surface area contributed by atoms with E-state index in [4.69, 9.17) is 19.4 Å². The molecule has 5 heteroatoms. The number of para-hydroxylation sites is 1. The van der Waals surface area contributed by atoms with E-state index < -0.39 is 0 Å². The van der Waals surface area contributed by atoms with Crippen LogP contribution in [0.1, 0.15) is 23.7 Å². The molecule has 290 valence electrons. The number of aromatic nitrogens is 4. The molecule has 3 aromatic heterocycles. The van der Waals surface area contributed by atoms with Crippen LogP contribution in [-0.4, -0.2) is 19.5 Å². The number of hydrogen-bond donors (Lipinski definition) is 0. The summed E-state index contributed by atoms with van der Waals surface area (Å²) in [6, 6.07) is 64.6. The number of furan rings is 1. The maximum atomic E-state index is 6.70. The summed E-state index contributed by atoms with van der Waals surface area (Å²) in [5.41, 5.74) is 9.42. The minimum Gasteiger partial charge on any atom is -0.455 e. The quantitative estimate of drug-likeness (QED) is 0.174. The molecule has 1 aliphatic carbocycles. The van der Waals surface area contributed by atoms with Gasteiger partial charge in [-0.3, -0.25) is 4.57 Å². The Morgan fingerprint density at radius 3 is 1.87 bits per heavy atom. The summed E-state index contributed by atoms with van der Waals surface area (Å²) in [6.07, 6.45) is 7.38. The first-order chi connectivity index (χ1) is 30.7. The Kier molecular flexibility index (Phi) is 7.66. The average molecular weight is 793 g/mol. The number of allylic oxidation sites excluding steroid dienone is 4. The van der Waals surface area contributed by atoms with Gasteiger partial charge in [0.1, 0.15) is 11.2 Å². The van der Waals surface area contributed by atoms with E-state index in [-0.39, 0.29) is 5.92 Å². The van der Waals surface area contributed by atoms with E-state index in [1.54, 1.807) is 0 Å². The van der Waals surface area contributed by atoms with Gasteiger partial charge in [-0.2, -0.15) is 9.97 Å². The van der Waals surface area contributed by atoms with Crippen molar-refractivity contribution in [3.05, 3.63) is 212 Å². The smallest absolute Gasteiger partial charge is 0.238 e. The minimum atomic E-state index is 0.133. The predicted molar refractivity (Wildman–Crippen MR) is 256 cm³/mol. The molecule has 0 spiro atoms.